The van der Waals surface area contributed by atoms with Crippen molar-refractivity contribution >= 4 is 17.7 Å². The van der Waals surface area contributed by atoms with Crippen LogP contribution in [0.1, 0.15) is 46.4 Å². The van der Waals surface area contributed by atoms with E-state index in [1.165, 1.54) is 0 Å². The molecule has 4 unspecified atom stereocenters. The number of amides is 3. The summed E-state index contributed by atoms with van der Waals surface area (Å²) in [6.07, 6.45) is 1.11. The van der Waals surface area contributed by atoms with E-state index in [9.17, 15) is 14.4 Å². The van der Waals surface area contributed by atoms with Gasteiger partial charge in [0.05, 0.1) is 18.6 Å². The third kappa shape index (κ3) is 6.38. The Kier molecular flexibility index (Phi) is 9.01. The van der Waals surface area contributed by atoms with Crippen LogP contribution in [0.15, 0.2) is 84.9 Å². The lowest BCUT2D eigenvalue weighted by Crippen LogP contribution is -2.60. The average molecular weight is 570 g/mol. The molecule has 220 valence electrons. The third-order valence-corrected chi connectivity index (χ3v) is 8.26. The normalized spacial score (nSPS) is 21.5. The molecule has 0 spiro atoms. The monoisotopic (exact) mass is 569 g/mol. The summed E-state index contributed by atoms with van der Waals surface area (Å²) < 4.78 is 5.97. The minimum absolute atomic E-state index is 0.00976. The lowest BCUT2D eigenvalue weighted by molar-refractivity contribution is -0.144. The van der Waals surface area contributed by atoms with Crippen molar-refractivity contribution in [1.82, 2.24) is 20.7 Å². The van der Waals surface area contributed by atoms with E-state index < -0.39 is 11.5 Å². The van der Waals surface area contributed by atoms with E-state index in [2.05, 4.69) is 10.7 Å². The fraction of sp³-hybridized carbons (Fsp3) is 0.364. The van der Waals surface area contributed by atoms with Crippen LogP contribution >= 0.6 is 0 Å². The maximum atomic E-state index is 14.1. The van der Waals surface area contributed by atoms with E-state index in [0.717, 1.165) is 16.7 Å². The Balaban J connectivity index is 1.37. The first-order chi connectivity index (χ1) is 20.3. The van der Waals surface area contributed by atoms with E-state index in [4.69, 9.17) is 10.5 Å². The minimum Gasteiger partial charge on any atom is -0.374 e. The number of carbonyl (C=O) groups is 3. The molecule has 0 aromatic heterocycles. The molecule has 0 aliphatic carbocycles. The summed E-state index contributed by atoms with van der Waals surface area (Å²) in [5, 5.41) is 4.47. The van der Waals surface area contributed by atoms with Gasteiger partial charge in [0.1, 0.15) is 6.04 Å². The summed E-state index contributed by atoms with van der Waals surface area (Å²) in [5.41, 5.74) is 11.8. The Hall–Kier alpha value is -4.05. The maximum absolute atomic E-state index is 14.1. The number of hydrazine groups is 1. The summed E-state index contributed by atoms with van der Waals surface area (Å²) in [6, 6.07) is 25.4. The van der Waals surface area contributed by atoms with Crippen molar-refractivity contribution in [3.8, 4) is 0 Å². The van der Waals surface area contributed by atoms with Crippen molar-refractivity contribution in [3.63, 3.8) is 0 Å². The zero-order chi connectivity index (χ0) is 29.7. The zero-order valence-electron chi connectivity index (χ0n) is 24.2. The highest BCUT2D eigenvalue weighted by molar-refractivity contribution is 5.98. The van der Waals surface area contributed by atoms with Crippen LogP contribution in [-0.2, 0) is 27.4 Å². The molecular weight excluding hydrogens is 530 g/mol. The van der Waals surface area contributed by atoms with Crippen LogP contribution < -0.4 is 16.5 Å². The lowest BCUT2D eigenvalue weighted by Gasteiger charge is -2.43. The number of benzene rings is 3. The van der Waals surface area contributed by atoms with Gasteiger partial charge in [-0.2, -0.15) is 0 Å². The van der Waals surface area contributed by atoms with Crippen LogP contribution in [0.5, 0.6) is 0 Å². The number of nitrogens with zero attached hydrogens (tertiary/aromatic N) is 2. The predicted octanol–water partition coefficient (Wildman–Crippen LogP) is 2.83. The van der Waals surface area contributed by atoms with Gasteiger partial charge in [-0.15, -0.1) is 0 Å². The highest BCUT2D eigenvalue weighted by Crippen LogP contribution is 2.39. The van der Waals surface area contributed by atoms with Crippen LogP contribution in [0, 0.1) is 5.41 Å². The Morgan fingerprint density at radius 1 is 1.05 bits per heavy atom. The molecule has 2 fully saturated rings. The standard InChI is InChI=1S/C33H39N5O4/c1-23(34)26-14-9-15-27(18-26)30(39)35-28(21-42-20-25-12-7-4-8-13-25)31(40)38-17-16-29-33(22-38,32(41)37(2)36-29)19-24-10-5-3-6-11-24/h3-15,18,23,28-29,36H,16-17,19-22,34H2,1-2H3,(H,35,39). The average Bonchev–Trinajstić information content (AvgIpc) is 3.25. The number of carbonyl (C=O) groups excluding carboxylic acids is 3. The van der Waals surface area contributed by atoms with Crippen LogP contribution in [0.3, 0.4) is 0 Å². The van der Waals surface area contributed by atoms with E-state index in [0.29, 0.717) is 31.6 Å². The van der Waals surface area contributed by atoms with E-state index in [1.807, 2.05) is 73.7 Å². The maximum Gasteiger partial charge on any atom is 0.252 e. The topological polar surface area (TPSA) is 117 Å². The summed E-state index contributed by atoms with van der Waals surface area (Å²) in [6.45, 7) is 2.84. The van der Waals surface area contributed by atoms with Crippen molar-refractivity contribution in [2.45, 2.75) is 44.5 Å². The van der Waals surface area contributed by atoms with Gasteiger partial charge >= 0.3 is 0 Å². The Labute approximate surface area is 247 Å². The van der Waals surface area contributed by atoms with Crippen LogP contribution in [0.25, 0.3) is 0 Å². The number of likely N-dealkylation sites (tertiary alicyclic amines) is 1. The predicted molar refractivity (Wildman–Crippen MR) is 160 cm³/mol. The molecule has 42 heavy (non-hydrogen) atoms. The molecule has 4 N–H and O–H groups in total. The molecule has 5 rings (SSSR count). The molecule has 3 amide bonds. The second kappa shape index (κ2) is 12.9. The fourth-order valence-corrected chi connectivity index (χ4v) is 5.99. The molecule has 2 saturated heterocycles. The quantitative estimate of drug-likeness (QED) is 0.346. The molecule has 3 aromatic carbocycles. The van der Waals surface area contributed by atoms with Gasteiger partial charge in [-0.1, -0.05) is 72.8 Å². The molecule has 0 bridgehead atoms. The van der Waals surface area contributed by atoms with Gasteiger partial charge in [-0.05, 0) is 48.6 Å². The molecule has 0 radical (unpaired) electrons. The molecule has 0 saturated carbocycles. The van der Waals surface area contributed by atoms with Gasteiger partial charge in [0.15, 0.2) is 0 Å². The second-order valence-corrected chi connectivity index (χ2v) is 11.4. The van der Waals surface area contributed by atoms with Crippen molar-refractivity contribution < 1.29 is 19.1 Å². The lowest BCUT2D eigenvalue weighted by atomic mass is 9.72. The number of nitrogens with one attached hydrogen (secondary N) is 2. The van der Waals surface area contributed by atoms with Gasteiger partial charge in [0.2, 0.25) is 11.8 Å². The Morgan fingerprint density at radius 2 is 1.74 bits per heavy atom. The van der Waals surface area contributed by atoms with Gasteiger partial charge in [-0.3, -0.25) is 19.4 Å². The molecule has 3 aromatic rings. The fourth-order valence-electron chi connectivity index (χ4n) is 5.99. The Morgan fingerprint density at radius 3 is 2.43 bits per heavy atom. The number of piperidine rings is 1. The van der Waals surface area contributed by atoms with E-state index in [-0.39, 0.29) is 43.0 Å². The minimum atomic E-state index is -0.937. The molecule has 4 atom stereocenters. The summed E-state index contributed by atoms with van der Waals surface area (Å²) in [5.74, 6) is -0.693. The van der Waals surface area contributed by atoms with Crippen molar-refractivity contribution in [2.75, 3.05) is 26.7 Å². The molecule has 2 aliphatic rings. The zero-order valence-corrected chi connectivity index (χ0v) is 24.2. The SMILES string of the molecule is CC(N)c1cccc(C(=O)NC(COCc2ccccc2)C(=O)N2CCC3NN(C)C(=O)C3(Cc3ccccc3)C2)c1. The number of rotatable bonds is 10. The Bertz CT molecular complexity index is 1400. The second-order valence-electron chi connectivity index (χ2n) is 11.4. The first-order valence-electron chi connectivity index (χ1n) is 14.4. The number of hydrogen-bond acceptors (Lipinski definition) is 6. The third-order valence-electron chi connectivity index (χ3n) is 8.26. The number of fused-ring (bicyclic) bond motifs is 1. The number of nitrogens with two attached hydrogens (primary N) is 1. The smallest absolute Gasteiger partial charge is 0.252 e. The van der Waals surface area contributed by atoms with Crippen molar-refractivity contribution in [3.05, 3.63) is 107 Å². The largest absolute Gasteiger partial charge is 0.374 e. The first-order valence-corrected chi connectivity index (χ1v) is 14.4. The summed E-state index contributed by atoms with van der Waals surface area (Å²) >= 11 is 0. The van der Waals surface area contributed by atoms with Gasteiger partial charge in [-0.25, -0.2) is 5.43 Å². The summed E-state index contributed by atoms with van der Waals surface area (Å²) in [4.78, 5) is 42.8. The number of hydrogen-bond donors (Lipinski definition) is 3. The van der Waals surface area contributed by atoms with Crippen LogP contribution in [-0.4, -0.2) is 66.5 Å². The summed E-state index contributed by atoms with van der Waals surface area (Å²) in [7, 11) is 1.73. The van der Waals surface area contributed by atoms with E-state index in [1.54, 1.807) is 35.2 Å². The van der Waals surface area contributed by atoms with Crippen molar-refractivity contribution in [2.24, 2.45) is 11.1 Å². The van der Waals surface area contributed by atoms with Crippen molar-refractivity contribution in [1.29, 1.82) is 0 Å². The molecule has 2 aliphatic heterocycles. The highest BCUT2D eigenvalue weighted by atomic mass is 16.5. The van der Waals surface area contributed by atoms with E-state index >= 15 is 0 Å². The number of ether oxygens (including phenoxy) is 1. The van der Waals surface area contributed by atoms with Gasteiger partial charge in [0, 0.05) is 37.8 Å². The molecule has 9 nitrogen and oxygen atoms in total. The molecule has 9 heteroatoms. The van der Waals surface area contributed by atoms with Gasteiger partial charge in [0.25, 0.3) is 5.91 Å². The molecular formula is C33H39N5O4. The first kappa shape index (κ1) is 29.4. The van der Waals surface area contributed by atoms with Crippen LogP contribution in [0.2, 0.25) is 0 Å². The highest BCUT2D eigenvalue weighted by Gasteiger charge is 2.56. The van der Waals surface area contributed by atoms with Gasteiger partial charge < -0.3 is 20.7 Å². The molecule has 2 heterocycles. The van der Waals surface area contributed by atoms with Crippen LogP contribution in [0.4, 0.5) is 0 Å².